The van der Waals surface area contributed by atoms with Crippen LogP contribution in [0, 0.1) is 12.8 Å². The van der Waals surface area contributed by atoms with Crippen LogP contribution in [-0.4, -0.2) is 35.7 Å². The smallest absolute Gasteiger partial charge is 0.223 e. The SMILES string of the molecule is COc1ccc(CNC(=O)C2CCN(c3nc4ccccc4n3Cc3cccc(C)c3)CC2)cc1. The van der Waals surface area contributed by atoms with E-state index in [1.54, 1.807) is 7.11 Å². The van der Waals surface area contributed by atoms with Gasteiger partial charge in [-0.3, -0.25) is 4.79 Å². The van der Waals surface area contributed by atoms with Gasteiger partial charge in [-0.1, -0.05) is 54.1 Å². The number of hydrogen-bond donors (Lipinski definition) is 1. The number of fused-ring (bicyclic) bond motifs is 1. The number of ether oxygens (including phenoxy) is 1. The average molecular weight is 469 g/mol. The summed E-state index contributed by atoms with van der Waals surface area (Å²) in [6.07, 6.45) is 1.64. The maximum atomic E-state index is 12.8. The highest BCUT2D eigenvalue weighted by atomic mass is 16.5. The third-order valence-corrected chi connectivity index (χ3v) is 6.83. The number of nitrogens with zero attached hydrogens (tertiary/aromatic N) is 3. The predicted octanol–water partition coefficient (Wildman–Crippen LogP) is 4.93. The quantitative estimate of drug-likeness (QED) is 0.418. The van der Waals surface area contributed by atoms with E-state index in [1.165, 1.54) is 11.1 Å². The van der Waals surface area contributed by atoms with Crippen molar-refractivity contribution in [3.8, 4) is 5.75 Å². The van der Waals surface area contributed by atoms with Gasteiger partial charge in [-0.25, -0.2) is 4.98 Å². The summed E-state index contributed by atoms with van der Waals surface area (Å²) >= 11 is 0. The Hall–Kier alpha value is -3.80. The Morgan fingerprint density at radius 1 is 1.00 bits per heavy atom. The first-order valence-corrected chi connectivity index (χ1v) is 12.3. The number of piperidine rings is 1. The minimum Gasteiger partial charge on any atom is -0.497 e. The summed E-state index contributed by atoms with van der Waals surface area (Å²) in [5.74, 6) is 1.97. The van der Waals surface area contributed by atoms with Crippen molar-refractivity contribution >= 4 is 22.9 Å². The molecular formula is C29H32N4O2. The van der Waals surface area contributed by atoms with Gasteiger partial charge in [-0.15, -0.1) is 0 Å². The monoisotopic (exact) mass is 468 g/mol. The summed E-state index contributed by atoms with van der Waals surface area (Å²) in [5, 5.41) is 3.11. The number of para-hydroxylation sites is 2. The normalized spacial score (nSPS) is 14.3. The molecule has 1 N–H and O–H groups in total. The second-order valence-corrected chi connectivity index (χ2v) is 9.30. The van der Waals surface area contributed by atoms with Crippen LogP contribution in [0.1, 0.15) is 29.5 Å². The van der Waals surface area contributed by atoms with Gasteiger partial charge in [0, 0.05) is 25.6 Å². The summed E-state index contributed by atoms with van der Waals surface area (Å²) in [6, 6.07) is 24.8. The number of imidazole rings is 1. The highest BCUT2D eigenvalue weighted by molar-refractivity contribution is 5.80. The zero-order valence-electron chi connectivity index (χ0n) is 20.4. The van der Waals surface area contributed by atoms with Crippen LogP contribution in [0.2, 0.25) is 0 Å². The van der Waals surface area contributed by atoms with E-state index in [4.69, 9.17) is 9.72 Å². The molecule has 1 amide bonds. The van der Waals surface area contributed by atoms with Crippen LogP contribution in [-0.2, 0) is 17.9 Å². The topological polar surface area (TPSA) is 59.4 Å². The third kappa shape index (κ3) is 5.16. The van der Waals surface area contributed by atoms with E-state index >= 15 is 0 Å². The molecule has 1 saturated heterocycles. The van der Waals surface area contributed by atoms with E-state index in [9.17, 15) is 4.79 Å². The molecule has 5 rings (SSSR count). The van der Waals surface area contributed by atoms with Gasteiger partial charge in [-0.05, 0) is 55.2 Å². The molecule has 0 saturated carbocycles. The molecule has 0 unspecified atom stereocenters. The Balaban J connectivity index is 1.26. The lowest BCUT2D eigenvalue weighted by Gasteiger charge is -2.32. The first-order chi connectivity index (χ1) is 17.1. The van der Waals surface area contributed by atoms with Crippen molar-refractivity contribution in [1.82, 2.24) is 14.9 Å². The predicted molar refractivity (Wildman–Crippen MR) is 140 cm³/mol. The lowest BCUT2D eigenvalue weighted by Crippen LogP contribution is -2.41. The molecule has 2 heterocycles. The number of aryl methyl sites for hydroxylation is 1. The average Bonchev–Trinajstić information content (AvgIpc) is 3.26. The fourth-order valence-corrected chi connectivity index (χ4v) is 4.87. The maximum Gasteiger partial charge on any atom is 0.223 e. The Bertz CT molecular complexity index is 1300. The highest BCUT2D eigenvalue weighted by Crippen LogP contribution is 2.28. The summed E-state index contributed by atoms with van der Waals surface area (Å²) in [7, 11) is 1.65. The molecular weight excluding hydrogens is 436 g/mol. The lowest BCUT2D eigenvalue weighted by molar-refractivity contribution is -0.125. The summed E-state index contributed by atoms with van der Waals surface area (Å²) in [6.45, 7) is 5.07. The van der Waals surface area contributed by atoms with Gasteiger partial charge >= 0.3 is 0 Å². The van der Waals surface area contributed by atoms with Crippen molar-refractivity contribution in [3.63, 3.8) is 0 Å². The number of benzene rings is 3. The Labute approximate surface area is 206 Å². The molecule has 0 atom stereocenters. The maximum absolute atomic E-state index is 12.8. The van der Waals surface area contributed by atoms with Crippen LogP contribution in [0.4, 0.5) is 5.95 Å². The van der Waals surface area contributed by atoms with Crippen molar-refractivity contribution in [1.29, 1.82) is 0 Å². The van der Waals surface area contributed by atoms with Crippen LogP contribution in [0.5, 0.6) is 5.75 Å². The summed E-state index contributed by atoms with van der Waals surface area (Å²) in [5.41, 5.74) is 5.75. The molecule has 1 aliphatic rings. The van der Waals surface area contributed by atoms with E-state index in [0.717, 1.165) is 60.8 Å². The van der Waals surface area contributed by atoms with Gasteiger partial charge in [0.15, 0.2) is 0 Å². The van der Waals surface area contributed by atoms with Crippen molar-refractivity contribution in [2.24, 2.45) is 5.92 Å². The molecule has 1 aliphatic heterocycles. The number of nitrogens with one attached hydrogen (secondary N) is 1. The number of anilines is 1. The second kappa shape index (κ2) is 10.2. The molecule has 35 heavy (non-hydrogen) atoms. The summed E-state index contributed by atoms with van der Waals surface area (Å²) < 4.78 is 7.52. The third-order valence-electron chi connectivity index (χ3n) is 6.83. The first-order valence-electron chi connectivity index (χ1n) is 12.3. The van der Waals surface area contributed by atoms with Gasteiger partial charge in [-0.2, -0.15) is 0 Å². The van der Waals surface area contributed by atoms with E-state index < -0.39 is 0 Å². The zero-order chi connectivity index (χ0) is 24.2. The van der Waals surface area contributed by atoms with Crippen LogP contribution in [0.25, 0.3) is 11.0 Å². The van der Waals surface area contributed by atoms with Gasteiger partial charge in [0.1, 0.15) is 5.75 Å². The Kier molecular flexibility index (Phi) is 6.70. The molecule has 0 aliphatic carbocycles. The number of aromatic nitrogens is 2. The Morgan fingerprint density at radius 2 is 1.77 bits per heavy atom. The molecule has 1 aromatic heterocycles. The molecule has 0 spiro atoms. The number of hydrogen-bond acceptors (Lipinski definition) is 4. The standard InChI is InChI=1S/C29H32N4O2/c1-21-6-5-7-23(18-21)20-33-27-9-4-3-8-26(27)31-29(33)32-16-14-24(15-17-32)28(34)30-19-22-10-12-25(35-2)13-11-22/h3-13,18,24H,14-17,19-20H2,1-2H3,(H,30,34). The van der Waals surface area contributed by atoms with Gasteiger partial charge in [0.2, 0.25) is 11.9 Å². The number of carbonyl (C=O) groups is 1. The molecule has 6 nitrogen and oxygen atoms in total. The van der Waals surface area contributed by atoms with Crippen molar-refractivity contribution in [2.45, 2.75) is 32.9 Å². The van der Waals surface area contributed by atoms with Crippen molar-refractivity contribution in [3.05, 3.63) is 89.5 Å². The largest absolute Gasteiger partial charge is 0.497 e. The molecule has 0 bridgehead atoms. The molecule has 4 aromatic rings. The minimum absolute atomic E-state index is 0.0269. The number of carbonyl (C=O) groups excluding carboxylic acids is 1. The lowest BCUT2D eigenvalue weighted by atomic mass is 9.96. The van der Waals surface area contributed by atoms with Crippen molar-refractivity contribution < 1.29 is 9.53 Å². The molecule has 6 heteroatoms. The number of methoxy groups -OCH3 is 1. The van der Waals surface area contributed by atoms with Gasteiger partial charge in [0.25, 0.3) is 0 Å². The first kappa shape index (κ1) is 23.0. The molecule has 0 radical (unpaired) electrons. The van der Waals surface area contributed by atoms with Gasteiger partial charge < -0.3 is 19.5 Å². The minimum atomic E-state index is 0.0269. The highest BCUT2D eigenvalue weighted by Gasteiger charge is 2.27. The van der Waals surface area contributed by atoms with E-state index in [-0.39, 0.29) is 11.8 Å². The fourth-order valence-electron chi connectivity index (χ4n) is 4.87. The van der Waals surface area contributed by atoms with Crippen LogP contribution in [0.3, 0.4) is 0 Å². The number of rotatable bonds is 7. The van der Waals surface area contributed by atoms with Crippen LogP contribution >= 0.6 is 0 Å². The van der Waals surface area contributed by atoms with E-state index in [2.05, 4.69) is 64.2 Å². The molecule has 1 fully saturated rings. The van der Waals surface area contributed by atoms with E-state index in [0.29, 0.717) is 6.54 Å². The second-order valence-electron chi connectivity index (χ2n) is 9.30. The van der Waals surface area contributed by atoms with E-state index in [1.807, 2.05) is 30.3 Å². The summed E-state index contributed by atoms with van der Waals surface area (Å²) in [4.78, 5) is 20.2. The molecule has 3 aromatic carbocycles. The Morgan fingerprint density at radius 3 is 2.51 bits per heavy atom. The zero-order valence-corrected chi connectivity index (χ0v) is 20.4. The number of amides is 1. The van der Waals surface area contributed by atoms with Crippen LogP contribution < -0.4 is 15.0 Å². The van der Waals surface area contributed by atoms with Crippen LogP contribution in [0.15, 0.2) is 72.8 Å². The molecule has 180 valence electrons. The fraction of sp³-hybridized carbons (Fsp3) is 0.310. The van der Waals surface area contributed by atoms with Gasteiger partial charge in [0.05, 0.1) is 24.7 Å². The van der Waals surface area contributed by atoms with Crippen molar-refractivity contribution in [2.75, 3.05) is 25.1 Å².